The van der Waals surface area contributed by atoms with Crippen LogP contribution in [-0.2, 0) is 0 Å². The van der Waals surface area contributed by atoms with Crippen molar-refractivity contribution < 1.29 is 9.13 Å². The van der Waals surface area contributed by atoms with Crippen molar-refractivity contribution in [3.8, 4) is 11.5 Å². The molecule has 0 aliphatic carbocycles. The molecule has 0 atom stereocenters. The molecule has 1 nitrogen and oxygen atoms in total. The summed E-state index contributed by atoms with van der Waals surface area (Å²) in [4.78, 5) is 0. The highest BCUT2D eigenvalue weighted by Gasteiger charge is 2.09. The van der Waals surface area contributed by atoms with Crippen LogP contribution in [0.3, 0.4) is 0 Å². The fourth-order valence-corrected chi connectivity index (χ4v) is 1.70. The average molecular weight is 271 g/mol. The number of rotatable bonds is 2. The molecule has 0 N–H and O–H groups in total. The van der Waals surface area contributed by atoms with E-state index >= 15 is 0 Å². The van der Waals surface area contributed by atoms with Crippen molar-refractivity contribution in [3.63, 3.8) is 0 Å². The van der Waals surface area contributed by atoms with E-state index in [4.69, 9.17) is 27.9 Å². The first-order chi connectivity index (χ1) is 8.08. The van der Waals surface area contributed by atoms with Crippen LogP contribution < -0.4 is 4.74 Å². The molecule has 0 fully saturated rings. The molecule has 17 heavy (non-hydrogen) atoms. The Kier molecular flexibility index (Phi) is 3.55. The molecule has 0 spiro atoms. The second kappa shape index (κ2) is 4.94. The van der Waals surface area contributed by atoms with Gasteiger partial charge in [0.2, 0.25) is 0 Å². The molecular formula is C13H9Cl2FO. The number of halogens is 3. The number of aryl methyl sites for hydroxylation is 1. The van der Waals surface area contributed by atoms with Crippen LogP contribution in [0.15, 0.2) is 36.4 Å². The Morgan fingerprint density at radius 3 is 2.53 bits per heavy atom. The normalized spacial score (nSPS) is 10.4. The Morgan fingerprint density at radius 2 is 1.82 bits per heavy atom. The van der Waals surface area contributed by atoms with Gasteiger partial charge in [-0.1, -0.05) is 35.3 Å². The van der Waals surface area contributed by atoms with Crippen LogP contribution in [0, 0.1) is 12.7 Å². The van der Waals surface area contributed by atoms with Gasteiger partial charge in [-0.15, -0.1) is 0 Å². The summed E-state index contributed by atoms with van der Waals surface area (Å²) in [6, 6.07) is 9.68. The van der Waals surface area contributed by atoms with Crippen LogP contribution in [0.4, 0.5) is 4.39 Å². The second-order valence-electron chi connectivity index (χ2n) is 3.59. The highest BCUT2D eigenvalue weighted by molar-refractivity contribution is 6.42. The van der Waals surface area contributed by atoms with E-state index in [2.05, 4.69) is 0 Å². The zero-order chi connectivity index (χ0) is 12.4. The molecule has 0 radical (unpaired) electrons. The maximum absolute atomic E-state index is 13.6. The Labute approximate surface area is 109 Å². The van der Waals surface area contributed by atoms with Crippen molar-refractivity contribution >= 4 is 23.2 Å². The zero-order valence-electron chi connectivity index (χ0n) is 9.01. The predicted octanol–water partition coefficient (Wildman–Crippen LogP) is 5.23. The highest BCUT2D eigenvalue weighted by Crippen LogP contribution is 2.35. The summed E-state index contributed by atoms with van der Waals surface area (Å²) in [6.07, 6.45) is 0. The van der Waals surface area contributed by atoms with Crippen molar-refractivity contribution in [2.45, 2.75) is 6.92 Å². The van der Waals surface area contributed by atoms with Gasteiger partial charge < -0.3 is 4.74 Å². The smallest absolute Gasteiger partial charge is 0.165 e. The van der Waals surface area contributed by atoms with Crippen LogP contribution in [0.2, 0.25) is 10.0 Å². The van der Waals surface area contributed by atoms with E-state index in [1.54, 1.807) is 37.3 Å². The Balaban J connectivity index is 2.35. The topological polar surface area (TPSA) is 9.23 Å². The third kappa shape index (κ3) is 2.71. The maximum atomic E-state index is 13.6. The molecule has 0 aliphatic heterocycles. The van der Waals surface area contributed by atoms with Gasteiger partial charge in [0.15, 0.2) is 11.6 Å². The fraction of sp³-hybridized carbons (Fsp3) is 0.0769. The summed E-state index contributed by atoms with van der Waals surface area (Å²) in [5.74, 6) is 0.0303. The molecule has 2 aromatic rings. The first-order valence-corrected chi connectivity index (χ1v) is 5.71. The molecule has 0 amide bonds. The molecule has 0 bridgehead atoms. The molecule has 2 aromatic carbocycles. The van der Waals surface area contributed by atoms with Crippen LogP contribution in [0.25, 0.3) is 0 Å². The molecule has 0 aromatic heterocycles. The van der Waals surface area contributed by atoms with Gasteiger partial charge in [-0.05, 0) is 36.8 Å². The van der Waals surface area contributed by atoms with Crippen molar-refractivity contribution in [2.75, 3.05) is 0 Å². The Hall–Kier alpha value is -1.25. The van der Waals surface area contributed by atoms with Crippen LogP contribution in [0.5, 0.6) is 11.5 Å². The van der Waals surface area contributed by atoms with Crippen LogP contribution >= 0.6 is 23.2 Å². The van der Waals surface area contributed by atoms with E-state index in [-0.39, 0.29) is 10.8 Å². The quantitative estimate of drug-likeness (QED) is 0.726. The lowest BCUT2D eigenvalue weighted by Crippen LogP contribution is -1.90. The molecule has 0 unspecified atom stereocenters. The lowest BCUT2D eigenvalue weighted by molar-refractivity contribution is 0.442. The van der Waals surface area contributed by atoms with E-state index in [0.29, 0.717) is 10.8 Å². The third-order valence-electron chi connectivity index (χ3n) is 2.22. The van der Waals surface area contributed by atoms with Crippen molar-refractivity contribution in [1.82, 2.24) is 0 Å². The minimum absolute atomic E-state index is 0.125. The first-order valence-electron chi connectivity index (χ1n) is 4.96. The lowest BCUT2D eigenvalue weighted by Gasteiger charge is -2.09. The van der Waals surface area contributed by atoms with E-state index in [1.807, 2.05) is 0 Å². The van der Waals surface area contributed by atoms with Crippen molar-refractivity contribution in [3.05, 3.63) is 57.8 Å². The van der Waals surface area contributed by atoms with Crippen molar-refractivity contribution in [2.24, 2.45) is 0 Å². The number of hydrogen-bond donors (Lipinski definition) is 0. The summed E-state index contributed by atoms with van der Waals surface area (Å²) in [7, 11) is 0. The number of hydrogen-bond acceptors (Lipinski definition) is 1. The molecule has 4 heteroatoms. The van der Waals surface area contributed by atoms with Gasteiger partial charge in [-0.2, -0.15) is 0 Å². The van der Waals surface area contributed by atoms with Gasteiger partial charge in [-0.25, -0.2) is 4.39 Å². The fourth-order valence-electron chi connectivity index (χ4n) is 1.37. The second-order valence-corrected chi connectivity index (χ2v) is 4.37. The third-order valence-corrected chi connectivity index (χ3v) is 3.03. The molecule has 88 valence electrons. The van der Waals surface area contributed by atoms with Crippen LogP contribution in [-0.4, -0.2) is 0 Å². The van der Waals surface area contributed by atoms with Crippen LogP contribution in [0.1, 0.15) is 5.56 Å². The molecule has 0 saturated carbocycles. The van der Waals surface area contributed by atoms with Gasteiger partial charge in [0.1, 0.15) is 10.8 Å². The van der Waals surface area contributed by atoms with Crippen molar-refractivity contribution in [1.29, 1.82) is 0 Å². The van der Waals surface area contributed by atoms with E-state index in [1.165, 1.54) is 6.07 Å². The summed E-state index contributed by atoms with van der Waals surface area (Å²) in [5.41, 5.74) is 0.826. The van der Waals surface area contributed by atoms with Gasteiger partial charge >= 0.3 is 0 Å². The van der Waals surface area contributed by atoms with Gasteiger partial charge in [0, 0.05) is 0 Å². The van der Waals surface area contributed by atoms with E-state index in [0.717, 1.165) is 5.56 Å². The molecule has 0 heterocycles. The molecule has 0 saturated heterocycles. The molecule has 0 aliphatic rings. The Bertz CT molecular complexity index is 555. The summed E-state index contributed by atoms with van der Waals surface area (Å²) in [5, 5.41) is 0.644. The largest absolute Gasteiger partial charge is 0.453 e. The van der Waals surface area contributed by atoms with Gasteiger partial charge in [0.25, 0.3) is 0 Å². The molecular weight excluding hydrogens is 262 g/mol. The summed E-state index contributed by atoms with van der Waals surface area (Å²) < 4.78 is 19.0. The summed E-state index contributed by atoms with van der Waals surface area (Å²) >= 11 is 11.8. The van der Waals surface area contributed by atoms with Gasteiger partial charge in [-0.3, -0.25) is 0 Å². The minimum atomic E-state index is -0.430. The monoisotopic (exact) mass is 270 g/mol. The maximum Gasteiger partial charge on any atom is 0.165 e. The minimum Gasteiger partial charge on any atom is -0.453 e. The van der Waals surface area contributed by atoms with E-state index < -0.39 is 5.82 Å². The standard InChI is InChI=1S/C13H9Cl2FO/c1-8-5-6-11(10(16)7-8)17-12-4-2-3-9(14)13(12)15/h2-7H,1H3. The predicted molar refractivity (Wildman–Crippen MR) is 67.7 cm³/mol. The van der Waals surface area contributed by atoms with Gasteiger partial charge in [0.05, 0.1) is 5.02 Å². The highest BCUT2D eigenvalue weighted by atomic mass is 35.5. The summed E-state index contributed by atoms with van der Waals surface area (Å²) in [6.45, 7) is 1.80. The van der Waals surface area contributed by atoms with E-state index in [9.17, 15) is 4.39 Å². The number of benzene rings is 2. The zero-order valence-corrected chi connectivity index (χ0v) is 10.5. The molecule has 2 rings (SSSR count). The first kappa shape index (κ1) is 12.2. The Morgan fingerprint density at radius 1 is 1.06 bits per heavy atom. The number of ether oxygens (including phenoxy) is 1. The average Bonchev–Trinajstić information content (AvgIpc) is 2.28. The SMILES string of the molecule is Cc1ccc(Oc2cccc(Cl)c2Cl)c(F)c1. The lowest BCUT2D eigenvalue weighted by atomic mass is 10.2.